The lowest BCUT2D eigenvalue weighted by molar-refractivity contribution is -0.112. The second-order valence-corrected chi connectivity index (χ2v) is 7.84. The van der Waals surface area contributed by atoms with E-state index in [-0.39, 0.29) is 11.3 Å². The molecule has 0 spiro atoms. The molecule has 0 bridgehead atoms. The molecule has 0 atom stereocenters. The number of aromatic nitrogens is 1. The molecule has 0 aliphatic carbocycles. The van der Waals surface area contributed by atoms with Crippen LogP contribution in [0.25, 0.3) is 17.0 Å². The number of anilines is 1. The van der Waals surface area contributed by atoms with Gasteiger partial charge in [-0.3, -0.25) is 4.79 Å². The number of aromatic hydroxyl groups is 1. The summed E-state index contributed by atoms with van der Waals surface area (Å²) in [6, 6.07) is 23.7. The van der Waals surface area contributed by atoms with E-state index in [4.69, 9.17) is 11.6 Å². The van der Waals surface area contributed by atoms with Crippen molar-refractivity contribution in [2.75, 3.05) is 5.32 Å². The van der Waals surface area contributed by atoms with E-state index in [2.05, 4.69) is 9.88 Å². The summed E-state index contributed by atoms with van der Waals surface area (Å²) < 4.78 is 2.16. The van der Waals surface area contributed by atoms with E-state index in [9.17, 15) is 15.2 Å². The van der Waals surface area contributed by atoms with Crippen molar-refractivity contribution < 1.29 is 9.90 Å². The molecule has 0 aliphatic heterocycles. The standard InChI is InChI=1S/C26H20ClN3O2/c1-17-24(14-19(15-28)26(32)29-21-10-12-22(31)13-11-21)23-4-2-3-5-25(23)30(17)16-18-6-8-20(27)9-7-18/h2-14,31H,16H2,1H3,(H,29,32). The maximum Gasteiger partial charge on any atom is 0.266 e. The Kier molecular flexibility index (Phi) is 5.98. The van der Waals surface area contributed by atoms with Crippen LogP contribution in [0.2, 0.25) is 5.02 Å². The van der Waals surface area contributed by atoms with Crippen LogP contribution in [0, 0.1) is 18.3 Å². The number of nitriles is 1. The predicted octanol–water partition coefficient (Wildman–Crippen LogP) is 5.90. The van der Waals surface area contributed by atoms with Gasteiger partial charge in [-0.1, -0.05) is 41.9 Å². The molecule has 0 unspecified atom stereocenters. The van der Waals surface area contributed by atoms with Gasteiger partial charge < -0.3 is 15.0 Å². The van der Waals surface area contributed by atoms with E-state index in [0.29, 0.717) is 17.3 Å². The Morgan fingerprint density at radius 2 is 1.78 bits per heavy atom. The number of hydrogen-bond donors (Lipinski definition) is 2. The molecule has 0 aliphatic rings. The van der Waals surface area contributed by atoms with E-state index in [1.165, 1.54) is 12.1 Å². The van der Waals surface area contributed by atoms with Gasteiger partial charge in [0.2, 0.25) is 0 Å². The number of para-hydroxylation sites is 1. The van der Waals surface area contributed by atoms with Crippen molar-refractivity contribution >= 4 is 40.2 Å². The molecule has 4 rings (SSSR count). The third kappa shape index (κ3) is 4.36. The number of rotatable bonds is 5. The molecule has 0 saturated heterocycles. The summed E-state index contributed by atoms with van der Waals surface area (Å²) in [7, 11) is 0. The molecule has 1 amide bonds. The lowest BCUT2D eigenvalue weighted by Gasteiger charge is -2.09. The van der Waals surface area contributed by atoms with Crippen molar-refractivity contribution in [2.24, 2.45) is 0 Å². The first-order valence-electron chi connectivity index (χ1n) is 10.0. The number of benzene rings is 3. The number of carbonyl (C=O) groups is 1. The maximum atomic E-state index is 12.7. The molecular formula is C26H20ClN3O2. The van der Waals surface area contributed by atoms with Gasteiger partial charge in [0.15, 0.2) is 0 Å². The highest BCUT2D eigenvalue weighted by Crippen LogP contribution is 2.29. The summed E-state index contributed by atoms with van der Waals surface area (Å²) in [6.07, 6.45) is 1.63. The number of halogens is 1. The summed E-state index contributed by atoms with van der Waals surface area (Å²) in [5.74, 6) is -0.407. The number of nitrogens with one attached hydrogen (secondary N) is 1. The molecule has 0 radical (unpaired) electrons. The second kappa shape index (κ2) is 9.01. The Bertz CT molecular complexity index is 1360. The van der Waals surface area contributed by atoms with Crippen LogP contribution in [0.15, 0.2) is 78.4 Å². The first-order valence-corrected chi connectivity index (χ1v) is 10.4. The van der Waals surface area contributed by atoms with Crippen molar-refractivity contribution in [2.45, 2.75) is 13.5 Å². The Balaban J connectivity index is 1.72. The van der Waals surface area contributed by atoms with Crippen molar-refractivity contribution in [3.63, 3.8) is 0 Å². The van der Waals surface area contributed by atoms with Crippen molar-refractivity contribution in [3.8, 4) is 11.8 Å². The van der Waals surface area contributed by atoms with E-state index in [1.54, 1.807) is 18.2 Å². The van der Waals surface area contributed by atoms with Gasteiger partial charge in [0.05, 0.1) is 0 Å². The largest absolute Gasteiger partial charge is 0.508 e. The zero-order valence-electron chi connectivity index (χ0n) is 17.3. The van der Waals surface area contributed by atoms with Gasteiger partial charge in [0.1, 0.15) is 17.4 Å². The van der Waals surface area contributed by atoms with Gasteiger partial charge in [-0.25, -0.2) is 0 Å². The van der Waals surface area contributed by atoms with Crippen molar-refractivity contribution in [1.82, 2.24) is 4.57 Å². The minimum absolute atomic E-state index is 0.00410. The normalized spacial score (nSPS) is 11.3. The van der Waals surface area contributed by atoms with Crippen molar-refractivity contribution in [3.05, 3.63) is 100 Å². The van der Waals surface area contributed by atoms with Gasteiger partial charge in [-0.05, 0) is 61.0 Å². The summed E-state index contributed by atoms with van der Waals surface area (Å²) in [4.78, 5) is 12.7. The molecule has 158 valence electrons. The predicted molar refractivity (Wildman–Crippen MR) is 128 cm³/mol. The number of hydrogen-bond acceptors (Lipinski definition) is 3. The number of nitrogens with zero attached hydrogens (tertiary/aromatic N) is 2. The molecule has 1 heterocycles. The lowest BCUT2D eigenvalue weighted by atomic mass is 10.1. The molecule has 32 heavy (non-hydrogen) atoms. The molecule has 2 N–H and O–H groups in total. The van der Waals surface area contributed by atoms with E-state index in [1.807, 2.05) is 61.5 Å². The molecule has 1 aromatic heterocycles. The highest BCUT2D eigenvalue weighted by Gasteiger charge is 2.16. The first-order chi connectivity index (χ1) is 15.5. The zero-order valence-corrected chi connectivity index (χ0v) is 18.1. The number of phenolic OH excluding ortho intramolecular Hbond substituents is 1. The van der Waals surface area contributed by atoms with E-state index < -0.39 is 5.91 Å². The fourth-order valence-corrected chi connectivity index (χ4v) is 3.78. The lowest BCUT2D eigenvalue weighted by Crippen LogP contribution is -2.13. The minimum Gasteiger partial charge on any atom is -0.508 e. The van der Waals surface area contributed by atoms with Gasteiger partial charge >= 0.3 is 0 Å². The van der Waals surface area contributed by atoms with E-state index >= 15 is 0 Å². The Morgan fingerprint density at radius 3 is 2.47 bits per heavy atom. The highest BCUT2D eigenvalue weighted by molar-refractivity contribution is 6.30. The average molecular weight is 442 g/mol. The van der Waals surface area contributed by atoms with Crippen LogP contribution in [0.4, 0.5) is 5.69 Å². The van der Waals surface area contributed by atoms with Gasteiger partial charge in [-0.2, -0.15) is 5.26 Å². The maximum absolute atomic E-state index is 12.7. The summed E-state index contributed by atoms with van der Waals surface area (Å²) in [5.41, 5.74) is 4.38. The topological polar surface area (TPSA) is 78.1 Å². The number of fused-ring (bicyclic) bond motifs is 1. The highest BCUT2D eigenvalue weighted by atomic mass is 35.5. The Labute approximate surface area is 190 Å². The van der Waals surface area contributed by atoms with Crippen LogP contribution in [0.1, 0.15) is 16.8 Å². The van der Waals surface area contributed by atoms with Crippen LogP contribution in [0.3, 0.4) is 0 Å². The van der Waals surface area contributed by atoms with Crippen LogP contribution in [0.5, 0.6) is 5.75 Å². The van der Waals surface area contributed by atoms with Crippen LogP contribution in [-0.4, -0.2) is 15.6 Å². The van der Waals surface area contributed by atoms with Gasteiger partial charge in [-0.15, -0.1) is 0 Å². The molecule has 5 nitrogen and oxygen atoms in total. The van der Waals surface area contributed by atoms with E-state index in [0.717, 1.165) is 27.7 Å². The van der Waals surface area contributed by atoms with Crippen LogP contribution < -0.4 is 5.32 Å². The molecule has 6 heteroatoms. The first kappa shape index (κ1) is 21.2. The average Bonchev–Trinajstić information content (AvgIpc) is 3.06. The van der Waals surface area contributed by atoms with Gasteiger partial charge in [0, 0.05) is 39.4 Å². The molecule has 0 saturated carbocycles. The van der Waals surface area contributed by atoms with Crippen molar-refractivity contribution in [1.29, 1.82) is 5.26 Å². The second-order valence-electron chi connectivity index (χ2n) is 7.40. The quantitative estimate of drug-likeness (QED) is 0.230. The summed E-state index contributed by atoms with van der Waals surface area (Å²) in [5, 5.41) is 23.4. The summed E-state index contributed by atoms with van der Waals surface area (Å²) in [6.45, 7) is 2.62. The molecule has 4 aromatic rings. The number of amides is 1. The molecular weight excluding hydrogens is 422 g/mol. The van der Waals surface area contributed by atoms with Gasteiger partial charge in [0.25, 0.3) is 5.91 Å². The third-order valence-corrected chi connectivity index (χ3v) is 5.56. The number of phenols is 1. The monoisotopic (exact) mass is 441 g/mol. The Morgan fingerprint density at radius 1 is 1.09 bits per heavy atom. The minimum atomic E-state index is -0.507. The molecule has 0 fully saturated rings. The number of carbonyl (C=O) groups excluding carboxylic acids is 1. The van der Waals surface area contributed by atoms with Crippen LogP contribution >= 0.6 is 11.6 Å². The van der Waals surface area contributed by atoms with Crippen LogP contribution in [-0.2, 0) is 11.3 Å². The fourth-order valence-electron chi connectivity index (χ4n) is 3.65. The molecule has 3 aromatic carbocycles. The third-order valence-electron chi connectivity index (χ3n) is 5.31. The Hall–Kier alpha value is -4.01. The summed E-state index contributed by atoms with van der Waals surface area (Å²) >= 11 is 6.02. The fraction of sp³-hybridized carbons (Fsp3) is 0.0769. The zero-order chi connectivity index (χ0) is 22.7. The smallest absolute Gasteiger partial charge is 0.266 e. The SMILES string of the molecule is Cc1c(C=C(C#N)C(=O)Nc2ccc(O)cc2)c2ccccc2n1Cc1ccc(Cl)cc1.